The van der Waals surface area contributed by atoms with E-state index in [9.17, 15) is 4.39 Å². The Balaban J connectivity index is 2.09. The van der Waals surface area contributed by atoms with E-state index in [4.69, 9.17) is 4.42 Å². The molecular weight excluding hydrogens is 253 g/mol. The number of fused-ring (bicyclic) bond motifs is 1. The van der Waals surface area contributed by atoms with Gasteiger partial charge in [-0.2, -0.15) is 0 Å². The van der Waals surface area contributed by atoms with Gasteiger partial charge >= 0.3 is 0 Å². The number of rotatable bonds is 8. The van der Waals surface area contributed by atoms with E-state index in [2.05, 4.69) is 19.2 Å². The maximum absolute atomic E-state index is 13.2. The fourth-order valence-electron chi connectivity index (χ4n) is 2.57. The van der Waals surface area contributed by atoms with Crippen molar-refractivity contribution < 1.29 is 8.81 Å². The molecule has 1 aromatic heterocycles. The summed E-state index contributed by atoms with van der Waals surface area (Å²) in [6.45, 7) is 5.22. The Hall–Kier alpha value is -1.35. The van der Waals surface area contributed by atoms with Gasteiger partial charge in [0, 0.05) is 5.39 Å². The van der Waals surface area contributed by atoms with E-state index in [1.165, 1.54) is 37.8 Å². The molecule has 1 unspecified atom stereocenters. The Morgan fingerprint density at radius 3 is 2.75 bits per heavy atom. The van der Waals surface area contributed by atoms with Crippen LogP contribution >= 0.6 is 0 Å². The molecular formula is C17H24FNO. The minimum atomic E-state index is -0.215. The van der Waals surface area contributed by atoms with Crippen LogP contribution in [0.5, 0.6) is 0 Å². The molecule has 0 aliphatic rings. The molecule has 1 atom stereocenters. The monoisotopic (exact) mass is 277 g/mol. The standard InChI is InChI=1S/C17H24FNO/c1-3-5-6-7-8-15(19-4-2)17-12-13-11-14(18)9-10-16(13)20-17/h9-12,15,19H,3-8H2,1-2H3. The third-order valence-electron chi connectivity index (χ3n) is 3.64. The summed E-state index contributed by atoms with van der Waals surface area (Å²) >= 11 is 0. The molecule has 0 saturated carbocycles. The molecule has 1 N–H and O–H groups in total. The first-order valence-electron chi connectivity index (χ1n) is 7.67. The lowest BCUT2D eigenvalue weighted by molar-refractivity contribution is 0.403. The van der Waals surface area contributed by atoms with Crippen molar-refractivity contribution in [3.8, 4) is 0 Å². The first-order chi connectivity index (χ1) is 9.74. The van der Waals surface area contributed by atoms with Crippen LogP contribution in [0.25, 0.3) is 11.0 Å². The molecule has 0 amide bonds. The Labute approximate surface area is 120 Å². The maximum atomic E-state index is 13.2. The minimum Gasteiger partial charge on any atom is -0.459 e. The Morgan fingerprint density at radius 1 is 1.15 bits per heavy atom. The van der Waals surface area contributed by atoms with Gasteiger partial charge in [-0.15, -0.1) is 0 Å². The van der Waals surface area contributed by atoms with Crippen molar-refractivity contribution in [1.29, 1.82) is 0 Å². The van der Waals surface area contributed by atoms with E-state index >= 15 is 0 Å². The van der Waals surface area contributed by atoms with Crippen LogP contribution in [0, 0.1) is 5.82 Å². The summed E-state index contributed by atoms with van der Waals surface area (Å²) < 4.78 is 19.1. The normalized spacial score (nSPS) is 12.9. The van der Waals surface area contributed by atoms with E-state index in [1.54, 1.807) is 6.07 Å². The summed E-state index contributed by atoms with van der Waals surface area (Å²) in [5.74, 6) is 0.705. The topological polar surface area (TPSA) is 25.2 Å². The molecule has 0 aliphatic carbocycles. The average Bonchev–Trinajstić information content (AvgIpc) is 2.85. The van der Waals surface area contributed by atoms with Gasteiger partial charge in [-0.25, -0.2) is 4.39 Å². The van der Waals surface area contributed by atoms with Gasteiger partial charge < -0.3 is 9.73 Å². The van der Waals surface area contributed by atoms with Crippen LogP contribution in [0.4, 0.5) is 4.39 Å². The molecule has 1 heterocycles. The van der Waals surface area contributed by atoms with E-state index in [1.807, 2.05) is 6.07 Å². The van der Waals surface area contributed by atoms with Gasteiger partial charge in [0.15, 0.2) is 0 Å². The summed E-state index contributed by atoms with van der Waals surface area (Å²) in [7, 11) is 0. The predicted octanol–water partition coefficient (Wildman–Crippen LogP) is 5.19. The molecule has 0 bridgehead atoms. The second-order valence-corrected chi connectivity index (χ2v) is 5.29. The fourth-order valence-corrected chi connectivity index (χ4v) is 2.57. The van der Waals surface area contributed by atoms with Crippen molar-refractivity contribution in [2.45, 2.75) is 52.0 Å². The van der Waals surface area contributed by atoms with E-state index in [0.717, 1.165) is 29.7 Å². The first-order valence-corrected chi connectivity index (χ1v) is 7.67. The van der Waals surface area contributed by atoms with Gasteiger partial charge in [0.1, 0.15) is 17.2 Å². The molecule has 0 spiro atoms. The van der Waals surface area contributed by atoms with Crippen LogP contribution in [0.2, 0.25) is 0 Å². The van der Waals surface area contributed by atoms with Crippen molar-refractivity contribution >= 4 is 11.0 Å². The minimum absolute atomic E-state index is 0.215. The molecule has 0 aliphatic heterocycles. The largest absolute Gasteiger partial charge is 0.459 e. The molecule has 2 rings (SSSR count). The summed E-state index contributed by atoms with van der Waals surface area (Å²) in [4.78, 5) is 0. The number of benzene rings is 1. The highest BCUT2D eigenvalue weighted by Crippen LogP contribution is 2.27. The summed E-state index contributed by atoms with van der Waals surface area (Å²) in [5.41, 5.74) is 0.762. The number of hydrogen-bond acceptors (Lipinski definition) is 2. The van der Waals surface area contributed by atoms with Gasteiger partial charge in [0.2, 0.25) is 0 Å². The van der Waals surface area contributed by atoms with Crippen molar-refractivity contribution in [3.63, 3.8) is 0 Å². The van der Waals surface area contributed by atoms with Gasteiger partial charge in [-0.1, -0.05) is 39.5 Å². The number of hydrogen-bond donors (Lipinski definition) is 1. The number of furan rings is 1. The zero-order chi connectivity index (χ0) is 14.4. The van der Waals surface area contributed by atoms with Crippen LogP contribution in [-0.2, 0) is 0 Å². The van der Waals surface area contributed by atoms with Crippen LogP contribution in [0.1, 0.15) is 57.8 Å². The molecule has 20 heavy (non-hydrogen) atoms. The lowest BCUT2D eigenvalue weighted by Gasteiger charge is -2.15. The summed E-state index contributed by atoms with van der Waals surface area (Å²) in [5, 5.41) is 4.31. The van der Waals surface area contributed by atoms with Gasteiger partial charge in [0.25, 0.3) is 0 Å². The third-order valence-corrected chi connectivity index (χ3v) is 3.64. The van der Waals surface area contributed by atoms with E-state index in [-0.39, 0.29) is 11.9 Å². The number of nitrogens with one attached hydrogen (secondary N) is 1. The van der Waals surface area contributed by atoms with Crippen LogP contribution < -0.4 is 5.32 Å². The van der Waals surface area contributed by atoms with Crippen LogP contribution in [0.3, 0.4) is 0 Å². The maximum Gasteiger partial charge on any atom is 0.134 e. The van der Waals surface area contributed by atoms with Gasteiger partial charge in [-0.3, -0.25) is 0 Å². The van der Waals surface area contributed by atoms with Crippen molar-refractivity contribution in [2.24, 2.45) is 0 Å². The molecule has 2 nitrogen and oxygen atoms in total. The molecule has 110 valence electrons. The highest BCUT2D eigenvalue weighted by atomic mass is 19.1. The molecule has 0 radical (unpaired) electrons. The Kier molecular flexibility index (Phi) is 5.60. The second-order valence-electron chi connectivity index (χ2n) is 5.29. The molecule has 3 heteroatoms. The van der Waals surface area contributed by atoms with Crippen molar-refractivity contribution in [3.05, 3.63) is 35.8 Å². The van der Waals surface area contributed by atoms with Crippen molar-refractivity contribution in [2.75, 3.05) is 6.54 Å². The lowest BCUT2D eigenvalue weighted by atomic mass is 10.0. The second kappa shape index (κ2) is 7.44. The van der Waals surface area contributed by atoms with Gasteiger partial charge in [0.05, 0.1) is 6.04 Å². The lowest BCUT2D eigenvalue weighted by Crippen LogP contribution is -2.20. The fraction of sp³-hybridized carbons (Fsp3) is 0.529. The van der Waals surface area contributed by atoms with Crippen molar-refractivity contribution in [1.82, 2.24) is 5.32 Å². The first kappa shape index (κ1) is 15.0. The number of unbranched alkanes of at least 4 members (excludes halogenated alkanes) is 3. The SMILES string of the molecule is CCCCCCC(NCC)c1cc2cc(F)ccc2o1. The third kappa shape index (κ3) is 3.83. The zero-order valence-electron chi connectivity index (χ0n) is 12.4. The van der Waals surface area contributed by atoms with Crippen LogP contribution in [0.15, 0.2) is 28.7 Å². The summed E-state index contributed by atoms with van der Waals surface area (Å²) in [6.07, 6.45) is 6.04. The quantitative estimate of drug-likeness (QED) is 0.671. The molecule has 0 fully saturated rings. The van der Waals surface area contributed by atoms with E-state index in [0.29, 0.717) is 0 Å². The smallest absolute Gasteiger partial charge is 0.134 e. The zero-order valence-corrected chi connectivity index (χ0v) is 12.4. The summed E-state index contributed by atoms with van der Waals surface area (Å²) in [6, 6.07) is 6.87. The van der Waals surface area contributed by atoms with Crippen LogP contribution in [-0.4, -0.2) is 6.54 Å². The molecule has 2 aromatic rings. The Morgan fingerprint density at radius 2 is 2.00 bits per heavy atom. The molecule has 1 aromatic carbocycles. The highest BCUT2D eigenvalue weighted by Gasteiger charge is 2.15. The average molecular weight is 277 g/mol. The molecule has 0 saturated heterocycles. The predicted molar refractivity (Wildman–Crippen MR) is 81.3 cm³/mol. The van der Waals surface area contributed by atoms with Gasteiger partial charge in [-0.05, 0) is 37.2 Å². The highest BCUT2D eigenvalue weighted by molar-refractivity contribution is 5.78. The number of halogens is 1. The Bertz CT molecular complexity index is 535. The van der Waals surface area contributed by atoms with E-state index < -0.39 is 0 Å².